The van der Waals surface area contributed by atoms with Gasteiger partial charge in [-0.25, -0.2) is 15.0 Å². The Hall–Kier alpha value is -3.68. The summed E-state index contributed by atoms with van der Waals surface area (Å²) in [6.07, 6.45) is 9.48. The molecule has 8 nitrogen and oxygen atoms in total. The van der Waals surface area contributed by atoms with E-state index >= 15 is 0 Å². The van der Waals surface area contributed by atoms with Gasteiger partial charge < -0.3 is 20.4 Å². The average molecular weight is 430 g/mol. The topological polar surface area (TPSA) is 86.3 Å². The van der Waals surface area contributed by atoms with Crippen LogP contribution in [0, 0.1) is 0 Å². The Bertz CT molecular complexity index is 1110. The zero-order valence-electron chi connectivity index (χ0n) is 18.3. The Morgan fingerprint density at radius 2 is 1.50 bits per heavy atom. The second-order valence-electron chi connectivity index (χ2n) is 8.41. The maximum atomic E-state index is 12.9. The van der Waals surface area contributed by atoms with E-state index in [1.54, 1.807) is 30.5 Å². The number of carbonyl (C=O) groups excluding carboxylic acids is 1. The number of benzene rings is 1. The van der Waals surface area contributed by atoms with Gasteiger partial charge in [0, 0.05) is 44.6 Å². The van der Waals surface area contributed by atoms with Crippen molar-refractivity contribution in [2.75, 3.05) is 34.5 Å². The van der Waals surface area contributed by atoms with Gasteiger partial charge in [-0.3, -0.25) is 4.79 Å². The highest BCUT2D eigenvalue weighted by Gasteiger charge is 2.28. The summed E-state index contributed by atoms with van der Waals surface area (Å²) in [5, 5.41) is 7.03. The molecule has 3 heterocycles. The molecule has 8 heteroatoms. The van der Waals surface area contributed by atoms with Gasteiger partial charge in [-0.1, -0.05) is 12.1 Å². The third kappa shape index (κ3) is 3.84. The Morgan fingerprint density at radius 3 is 2.25 bits per heavy atom. The molecule has 1 aliphatic carbocycles. The first kappa shape index (κ1) is 20.2. The number of hydrogen-bond donors (Lipinski definition) is 2. The zero-order valence-corrected chi connectivity index (χ0v) is 18.3. The molecule has 0 radical (unpaired) electrons. The number of rotatable bonds is 4. The molecule has 1 saturated carbocycles. The Labute approximate surface area is 187 Å². The van der Waals surface area contributed by atoms with Crippen molar-refractivity contribution in [2.45, 2.75) is 37.8 Å². The molecule has 164 valence electrons. The van der Waals surface area contributed by atoms with Gasteiger partial charge in [-0.15, -0.1) is 0 Å². The number of pyridine rings is 1. The van der Waals surface area contributed by atoms with Crippen LogP contribution in [-0.4, -0.2) is 47.0 Å². The molecule has 0 saturated heterocycles. The van der Waals surface area contributed by atoms with Crippen LogP contribution in [0.4, 0.5) is 28.8 Å². The molecule has 1 amide bonds. The van der Waals surface area contributed by atoms with E-state index in [1.165, 1.54) is 0 Å². The Balaban J connectivity index is 1.30. The van der Waals surface area contributed by atoms with Crippen molar-refractivity contribution in [1.82, 2.24) is 15.0 Å². The lowest BCUT2D eigenvalue weighted by molar-refractivity contribution is 0.0994. The fourth-order valence-corrected chi connectivity index (χ4v) is 4.56. The normalized spacial score (nSPS) is 20.2. The van der Waals surface area contributed by atoms with E-state index in [-0.39, 0.29) is 5.91 Å². The molecule has 0 spiro atoms. The Morgan fingerprint density at radius 1 is 0.812 bits per heavy atom. The largest absolute Gasteiger partial charge is 0.367 e. The molecule has 0 atom stereocenters. The van der Waals surface area contributed by atoms with Crippen molar-refractivity contribution < 1.29 is 4.79 Å². The molecular weight excluding hydrogens is 402 g/mol. The van der Waals surface area contributed by atoms with Crippen LogP contribution in [0.1, 0.15) is 36.0 Å². The zero-order chi connectivity index (χ0) is 22.1. The standard InChI is InChI=1S/C24H27N7O/c1-30-19-7-4-3-6-18(19)23(32)31(2)21-15-27-22(14-20(21)30)28-16-8-10-17(11-9-16)29-24-25-12-5-13-26-24/h3-7,12-17H,8-11H2,1-2H3,(H,27,28)(H,25,26,29)/t16-,17-. The van der Waals surface area contributed by atoms with Crippen molar-refractivity contribution in [3.63, 3.8) is 0 Å². The lowest BCUT2D eigenvalue weighted by Crippen LogP contribution is -2.33. The van der Waals surface area contributed by atoms with Crippen molar-refractivity contribution in [1.29, 1.82) is 0 Å². The molecule has 3 aromatic rings. The maximum Gasteiger partial charge on any atom is 0.260 e. The molecule has 0 unspecified atom stereocenters. The third-order valence-electron chi connectivity index (χ3n) is 6.36. The average Bonchev–Trinajstić information content (AvgIpc) is 2.91. The number of hydrogen-bond acceptors (Lipinski definition) is 7. The summed E-state index contributed by atoms with van der Waals surface area (Å²) >= 11 is 0. The summed E-state index contributed by atoms with van der Waals surface area (Å²) in [6.45, 7) is 0. The highest BCUT2D eigenvalue weighted by atomic mass is 16.2. The predicted molar refractivity (Wildman–Crippen MR) is 127 cm³/mol. The first-order valence-corrected chi connectivity index (χ1v) is 11.0. The van der Waals surface area contributed by atoms with Crippen LogP contribution in [0.25, 0.3) is 0 Å². The van der Waals surface area contributed by atoms with Crippen molar-refractivity contribution in [2.24, 2.45) is 0 Å². The minimum atomic E-state index is -0.0260. The van der Waals surface area contributed by atoms with Crippen molar-refractivity contribution >= 4 is 34.7 Å². The van der Waals surface area contributed by atoms with Gasteiger partial charge in [0.05, 0.1) is 28.8 Å². The van der Waals surface area contributed by atoms with Crippen LogP contribution in [0.2, 0.25) is 0 Å². The van der Waals surface area contributed by atoms with E-state index in [4.69, 9.17) is 0 Å². The number of nitrogens with zero attached hydrogens (tertiary/aromatic N) is 5. The molecule has 1 aromatic carbocycles. The summed E-state index contributed by atoms with van der Waals surface area (Å²) in [7, 11) is 3.80. The van der Waals surface area contributed by atoms with Gasteiger partial charge >= 0.3 is 0 Å². The van der Waals surface area contributed by atoms with Gasteiger partial charge in [0.1, 0.15) is 5.82 Å². The van der Waals surface area contributed by atoms with Gasteiger partial charge in [-0.05, 0) is 43.9 Å². The molecule has 32 heavy (non-hydrogen) atoms. The molecule has 1 aliphatic heterocycles. The minimum absolute atomic E-state index is 0.0260. The first-order chi connectivity index (χ1) is 15.6. The van der Waals surface area contributed by atoms with Crippen LogP contribution in [0.15, 0.2) is 55.0 Å². The maximum absolute atomic E-state index is 12.9. The fourth-order valence-electron chi connectivity index (χ4n) is 4.56. The van der Waals surface area contributed by atoms with E-state index < -0.39 is 0 Å². The number of amides is 1. The summed E-state index contributed by atoms with van der Waals surface area (Å²) in [4.78, 5) is 29.9. The molecule has 2 aliphatic rings. The van der Waals surface area contributed by atoms with E-state index in [9.17, 15) is 4.79 Å². The molecule has 0 bridgehead atoms. The number of anilines is 5. The highest BCUT2D eigenvalue weighted by Crippen LogP contribution is 2.40. The van der Waals surface area contributed by atoms with Crippen LogP contribution in [0.3, 0.4) is 0 Å². The SMILES string of the molecule is CN1C(=O)c2ccccc2N(C)c2cc(N[C@H]3CC[C@H](Nc4ncccn4)CC3)ncc21. The van der Waals surface area contributed by atoms with Gasteiger partial charge in [0.25, 0.3) is 5.91 Å². The number of aromatic nitrogens is 3. The quantitative estimate of drug-likeness (QED) is 0.647. The van der Waals surface area contributed by atoms with Gasteiger partial charge in [0.15, 0.2) is 0 Å². The smallest absolute Gasteiger partial charge is 0.260 e. The molecule has 2 aromatic heterocycles. The highest BCUT2D eigenvalue weighted by molar-refractivity contribution is 6.13. The fraction of sp³-hybridized carbons (Fsp3) is 0.333. The predicted octanol–water partition coefficient (Wildman–Crippen LogP) is 4.06. The molecule has 5 rings (SSSR count). The van der Waals surface area contributed by atoms with E-state index in [0.717, 1.165) is 48.6 Å². The third-order valence-corrected chi connectivity index (χ3v) is 6.36. The first-order valence-electron chi connectivity index (χ1n) is 11.0. The summed E-state index contributed by atoms with van der Waals surface area (Å²) in [5.41, 5.74) is 3.35. The molecular formula is C24H27N7O. The Kier molecular flexibility index (Phi) is 5.34. The van der Waals surface area contributed by atoms with E-state index in [1.807, 2.05) is 43.4 Å². The lowest BCUT2D eigenvalue weighted by Gasteiger charge is -2.30. The van der Waals surface area contributed by atoms with E-state index in [0.29, 0.717) is 23.6 Å². The van der Waals surface area contributed by atoms with Crippen LogP contribution < -0.4 is 20.4 Å². The minimum Gasteiger partial charge on any atom is -0.367 e. The molecule has 2 N–H and O–H groups in total. The number of para-hydroxylation sites is 1. The van der Waals surface area contributed by atoms with Crippen LogP contribution >= 0.6 is 0 Å². The number of fused-ring (bicyclic) bond motifs is 2. The lowest BCUT2D eigenvalue weighted by atomic mass is 9.91. The number of nitrogens with one attached hydrogen (secondary N) is 2. The summed E-state index contributed by atoms with van der Waals surface area (Å²) in [6, 6.07) is 12.3. The van der Waals surface area contributed by atoms with Gasteiger partial charge in [-0.2, -0.15) is 0 Å². The second-order valence-corrected chi connectivity index (χ2v) is 8.41. The summed E-state index contributed by atoms with van der Waals surface area (Å²) < 4.78 is 0. The van der Waals surface area contributed by atoms with Crippen molar-refractivity contribution in [3.8, 4) is 0 Å². The summed E-state index contributed by atoms with van der Waals surface area (Å²) in [5.74, 6) is 1.50. The second kappa shape index (κ2) is 8.45. The number of carbonyl (C=O) groups is 1. The molecule has 1 fully saturated rings. The van der Waals surface area contributed by atoms with Crippen molar-refractivity contribution in [3.05, 3.63) is 60.6 Å². The van der Waals surface area contributed by atoms with Gasteiger partial charge in [0.2, 0.25) is 5.95 Å². The van der Waals surface area contributed by atoms with Crippen LogP contribution in [-0.2, 0) is 0 Å². The van der Waals surface area contributed by atoms with E-state index in [2.05, 4.69) is 30.5 Å². The monoisotopic (exact) mass is 429 g/mol. The van der Waals surface area contributed by atoms with Crippen LogP contribution in [0.5, 0.6) is 0 Å².